The van der Waals surface area contributed by atoms with Gasteiger partial charge in [0.2, 0.25) is 5.91 Å². The molecule has 0 aromatic carbocycles. The summed E-state index contributed by atoms with van der Waals surface area (Å²) in [5, 5.41) is 0. The van der Waals surface area contributed by atoms with Gasteiger partial charge >= 0.3 is 0 Å². The summed E-state index contributed by atoms with van der Waals surface area (Å²) in [6.45, 7) is 3.25. The summed E-state index contributed by atoms with van der Waals surface area (Å²) in [7, 11) is -3.44. The molecule has 0 unspecified atom stereocenters. The van der Waals surface area contributed by atoms with Crippen LogP contribution in [0.5, 0.6) is 0 Å². The lowest BCUT2D eigenvalue weighted by molar-refractivity contribution is -0.117. The SMILES string of the molecule is CCCS(=O)(=O)OCC=NC(=O)CC. The lowest BCUT2D eigenvalue weighted by Crippen LogP contribution is -2.11. The molecule has 0 spiro atoms. The predicted molar refractivity (Wildman–Crippen MR) is 53.8 cm³/mol. The molecule has 0 heterocycles. The van der Waals surface area contributed by atoms with Crippen molar-refractivity contribution in [2.75, 3.05) is 12.4 Å². The van der Waals surface area contributed by atoms with Gasteiger partial charge in [0.25, 0.3) is 10.1 Å². The zero-order valence-electron chi connectivity index (χ0n) is 8.39. The van der Waals surface area contributed by atoms with E-state index >= 15 is 0 Å². The molecule has 0 rings (SSSR count). The first-order chi connectivity index (χ1) is 6.52. The van der Waals surface area contributed by atoms with Crippen LogP contribution in [0.15, 0.2) is 4.99 Å². The van der Waals surface area contributed by atoms with E-state index in [2.05, 4.69) is 9.18 Å². The molecule has 0 aliphatic carbocycles. The van der Waals surface area contributed by atoms with Gasteiger partial charge in [-0.05, 0) is 6.42 Å². The van der Waals surface area contributed by atoms with Crippen LogP contribution in [-0.2, 0) is 19.1 Å². The van der Waals surface area contributed by atoms with Gasteiger partial charge in [-0.2, -0.15) is 8.42 Å². The summed E-state index contributed by atoms with van der Waals surface area (Å²) in [5.74, 6) is -0.302. The highest BCUT2D eigenvalue weighted by Crippen LogP contribution is 1.94. The number of aliphatic imine (C=N–C) groups is 1. The third kappa shape index (κ3) is 6.73. The van der Waals surface area contributed by atoms with Crippen molar-refractivity contribution in [3.05, 3.63) is 0 Å². The Morgan fingerprint density at radius 1 is 1.43 bits per heavy atom. The zero-order valence-corrected chi connectivity index (χ0v) is 9.21. The van der Waals surface area contributed by atoms with Gasteiger partial charge in [0.15, 0.2) is 0 Å². The summed E-state index contributed by atoms with van der Waals surface area (Å²) in [5.41, 5.74) is 0. The van der Waals surface area contributed by atoms with E-state index in [1.807, 2.05) is 0 Å². The fraction of sp³-hybridized carbons (Fsp3) is 0.750. The van der Waals surface area contributed by atoms with Crippen molar-refractivity contribution in [1.82, 2.24) is 0 Å². The van der Waals surface area contributed by atoms with Crippen LogP contribution in [0, 0.1) is 0 Å². The first-order valence-electron chi connectivity index (χ1n) is 4.44. The topological polar surface area (TPSA) is 72.8 Å². The van der Waals surface area contributed by atoms with Crippen LogP contribution in [0.4, 0.5) is 0 Å². The minimum atomic E-state index is -3.44. The van der Waals surface area contributed by atoms with Crippen molar-refractivity contribution in [3.63, 3.8) is 0 Å². The smallest absolute Gasteiger partial charge is 0.267 e. The zero-order chi connectivity index (χ0) is 11.0. The molecule has 0 aromatic heterocycles. The molecule has 0 saturated carbocycles. The molecule has 14 heavy (non-hydrogen) atoms. The molecule has 0 bridgehead atoms. The Morgan fingerprint density at radius 2 is 2.07 bits per heavy atom. The van der Waals surface area contributed by atoms with E-state index in [1.165, 1.54) is 6.21 Å². The molecule has 0 N–H and O–H groups in total. The number of hydrogen-bond acceptors (Lipinski definition) is 4. The van der Waals surface area contributed by atoms with Gasteiger partial charge in [-0.3, -0.25) is 8.98 Å². The monoisotopic (exact) mass is 221 g/mol. The van der Waals surface area contributed by atoms with E-state index in [4.69, 9.17) is 0 Å². The molecule has 0 saturated heterocycles. The lowest BCUT2D eigenvalue weighted by atomic mass is 10.5. The molecule has 0 aliphatic heterocycles. The maximum Gasteiger partial charge on any atom is 0.267 e. The predicted octanol–water partition coefficient (Wildman–Crippen LogP) is 0.750. The largest absolute Gasteiger partial charge is 0.273 e. The average molecular weight is 221 g/mol. The Kier molecular flexibility index (Phi) is 6.31. The minimum absolute atomic E-state index is 0.0113. The normalized spacial score (nSPS) is 12.1. The first kappa shape index (κ1) is 13.2. The average Bonchev–Trinajstić information content (AvgIpc) is 2.12. The molecule has 0 aliphatic rings. The highest BCUT2D eigenvalue weighted by atomic mass is 32.2. The van der Waals surface area contributed by atoms with E-state index in [1.54, 1.807) is 13.8 Å². The third-order valence-corrected chi connectivity index (χ3v) is 2.72. The number of hydrogen-bond donors (Lipinski definition) is 0. The Morgan fingerprint density at radius 3 is 2.57 bits per heavy atom. The second-order valence-corrected chi connectivity index (χ2v) is 4.36. The number of nitrogens with zero attached hydrogens (tertiary/aromatic N) is 1. The van der Waals surface area contributed by atoms with Crippen LogP contribution in [0.1, 0.15) is 26.7 Å². The highest BCUT2D eigenvalue weighted by molar-refractivity contribution is 7.86. The fourth-order valence-corrected chi connectivity index (χ4v) is 1.56. The Bertz CT molecular complexity index is 294. The van der Waals surface area contributed by atoms with Crippen molar-refractivity contribution >= 4 is 22.2 Å². The number of amides is 1. The van der Waals surface area contributed by atoms with Gasteiger partial charge in [0.05, 0.1) is 5.75 Å². The van der Waals surface area contributed by atoms with Crippen LogP contribution in [0.25, 0.3) is 0 Å². The second-order valence-electron chi connectivity index (χ2n) is 2.61. The number of carbonyl (C=O) groups excluding carboxylic acids is 1. The molecular formula is C8H15NO4S. The van der Waals surface area contributed by atoms with Gasteiger partial charge in [0.1, 0.15) is 6.61 Å². The first-order valence-corrected chi connectivity index (χ1v) is 6.02. The van der Waals surface area contributed by atoms with E-state index in [-0.39, 0.29) is 18.3 Å². The van der Waals surface area contributed by atoms with Crippen LogP contribution in [0.3, 0.4) is 0 Å². The lowest BCUT2D eigenvalue weighted by Gasteiger charge is -1.99. The molecular weight excluding hydrogens is 206 g/mol. The van der Waals surface area contributed by atoms with Crippen molar-refractivity contribution in [3.8, 4) is 0 Å². The Labute approximate surface area is 84.3 Å². The summed E-state index contributed by atoms with van der Waals surface area (Å²) < 4.78 is 26.5. The second kappa shape index (κ2) is 6.67. The standard InChI is InChI=1S/C8H15NO4S/c1-3-7-14(11,12)13-6-5-9-8(10)4-2/h5H,3-4,6-7H2,1-2H3. The van der Waals surface area contributed by atoms with Crippen LogP contribution < -0.4 is 0 Å². The van der Waals surface area contributed by atoms with Crippen LogP contribution in [0.2, 0.25) is 0 Å². The van der Waals surface area contributed by atoms with Crippen molar-refractivity contribution < 1.29 is 17.4 Å². The molecule has 5 nitrogen and oxygen atoms in total. The minimum Gasteiger partial charge on any atom is -0.273 e. The quantitative estimate of drug-likeness (QED) is 0.490. The molecule has 6 heteroatoms. The van der Waals surface area contributed by atoms with Crippen molar-refractivity contribution in [2.45, 2.75) is 26.7 Å². The van der Waals surface area contributed by atoms with Crippen LogP contribution in [-0.4, -0.2) is 32.9 Å². The maximum absolute atomic E-state index is 11.0. The summed E-state index contributed by atoms with van der Waals surface area (Å²) in [6, 6.07) is 0. The van der Waals surface area contributed by atoms with Gasteiger partial charge in [0, 0.05) is 12.6 Å². The van der Waals surface area contributed by atoms with Crippen LogP contribution >= 0.6 is 0 Å². The van der Waals surface area contributed by atoms with E-state index in [9.17, 15) is 13.2 Å². The number of carbonyl (C=O) groups is 1. The van der Waals surface area contributed by atoms with Gasteiger partial charge in [-0.25, -0.2) is 4.99 Å². The molecule has 82 valence electrons. The summed E-state index contributed by atoms with van der Waals surface area (Å²) in [4.78, 5) is 14.1. The van der Waals surface area contributed by atoms with Gasteiger partial charge in [-0.15, -0.1) is 0 Å². The fourth-order valence-electron chi connectivity index (χ4n) is 0.673. The van der Waals surface area contributed by atoms with Crippen molar-refractivity contribution in [1.29, 1.82) is 0 Å². The number of rotatable bonds is 6. The molecule has 0 fully saturated rings. The Balaban J connectivity index is 3.85. The maximum atomic E-state index is 11.0. The van der Waals surface area contributed by atoms with E-state index in [0.717, 1.165) is 0 Å². The molecule has 0 atom stereocenters. The van der Waals surface area contributed by atoms with E-state index < -0.39 is 10.1 Å². The highest BCUT2D eigenvalue weighted by Gasteiger charge is 2.07. The van der Waals surface area contributed by atoms with Crippen molar-refractivity contribution in [2.24, 2.45) is 4.99 Å². The van der Waals surface area contributed by atoms with Gasteiger partial charge in [-0.1, -0.05) is 13.8 Å². The van der Waals surface area contributed by atoms with E-state index in [0.29, 0.717) is 12.8 Å². The third-order valence-electron chi connectivity index (χ3n) is 1.31. The van der Waals surface area contributed by atoms with Gasteiger partial charge < -0.3 is 0 Å². The molecule has 0 aromatic rings. The molecule has 0 radical (unpaired) electrons. The summed E-state index contributed by atoms with van der Waals surface area (Å²) >= 11 is 0. The molecule has 1 amide bonds. The Hall–Kier alpha value is -0.750. The summed E-state index contributed by atoms with van der Waals surface area (Å²) in [6.07, 6.45) is 1.98.